The zero-order chi connectivity index (χ0) is 19.2. The lowest BCUT2D eigenvalue weighted by atomic mass is 9.86. The maximum absolute atomic E-state index is 12.7. The summed E-state index contributed by atoms with van der Waals surface area (Å²) in [5.41, 5.74) is 2.00. The van der Waals surface area contributed by atoms with Crippen molar-refractivity contribution in [2.75, 3.05) is 26.2 Å². The van der Waals surface area contributed by atoms with Crippen LogP contribution in [0.2, 0.25) is 0 Å². The number of rotatable bonds is 5. The molecule has 27 heavy (non-hydrogen) atoms. The fraction of sp³-hybridized carbons (Fsp3) is 0.636. The molecule has 5 nitrogen and oxygen atoms in total. The molecule has 0 radical (unpaired) electrons. The molecule has 1 aromatic carbocycles. The van der Waals surface area contributed by atoms with E-state index in [4.69, 9.17) is 5.26 Å². The standard InChI is InChI=1S/C22H32N4O/c1-17-5-3-4-6-21(17)24-22(27)18(2)26-13-11-25(12-14-26)16-20-9-7-19(15-23)8-10-20/h7-10,17-18,21H,3-6,11-14,16H2,1-2H3,(H,24,27)/p+2/t17-,18+,21+/m0/s1. The van der Waals surface area contributed by atoms with Crippen LogP contribution >= 0.6 is 0 Å². The number of benzene rings is 1. The van der Waals surface area contributed by atoms with Gasteiger partial charge in [-0.3, -0.25) is 4.79 Å². The summed E-state index contributed by atoms with van der Waals surface area (Å²) in [5, 5.41) is 12.2. The highest BCUT2D eigenvalue weighted by Gasteiger charge is 2.33. The summed E-state index contributed by atoms with van der Waals surface area (Å²) < 4.78 is 0. The van der Waals surface area contributed by atoms with Crippen molar-refractivity contribution in [2.24, 2.45) is 5.92 Å². The van der Waals surface area contributed by atoms with E-state index in [0.29, 0.717) is 12.0 Å². The van der Waals surface area contributed by atoms with E-state index in [0.717, 1.165) is 44.7 Å². The van der Waals surface area contributed by atoms with Crippen molar-refractivity contribution < 1.29 is 14.6 Å². The molecule has 1 saturated carbocycles. The first-order chi connectivity index (χ1) is 13.1. The summed E-state index contributed by atoms with van der Waals surface area (Å²) in [7, 11) is 0. The van der Waals surface area contributed by atoms with Gasteiger partial charge in [-0.1, -0.05) is 31.9 Å². The molecule has 1 aromatic rings. The predicted octanol–water partition coefficient (Wildman–Crippen LogP) is -0.0749. The lowest BCUT2D eigenvalue weighted by Gasteiger charge is -2.34. The van der Waals surface area contributed by atoms with E-state index in [2.05, 4.69) is 37.4 Å². The molecule has 146 valence electrons. The number of carbonyl (C=O) groups is 1. The van der Waals surface area contributed by atoms with Crippen molar-refractivity contribution in [1.82, 2.24) is 5.32 Å². The average Bonchev–Trinajstić information content (AvgIpc) is 2.70. The topological polar surface area (TPSA) is 61.8 Å². The average molecular weight is 371 g/mol. The summed E-state index contributed by atoms with van der Waals surface area (Å²) in [6.07, 6.45) is 4.92. The fourth-order valence-corrected chi connectivity index (χ4v) is 4.54. The fourth-order valence-electron chi connectivity index (χ4n) is 4.54. The second kappa shape index (κ2) is 9.34. The minimum atomic E-state index is 0.0376. The van der Waals surface area contributed by atoms with Gasteiger partial charge in [0.05, 0.1) is 11.6 Å². The smallest absolute Gasteiger partial charge is 0.278 e. The van der Waals surface area contributed by atoms with Gasteiger partial charge in [0, 0.05) is 11.6 Å². The summed E-state index contributed by atoms with van der Waals surface area (Å²) in [5.74, 6) is 0.845. The molecule has 5 heteroatoms. The van der Waals surface area contributed by atoms with Gasteiger partial charge in [0.2, 0.25) is 0 Å². The molecule has 0 unspecified atom stereocenters. The summed E-state index contributed by atoms with van der Waals surface area (Å²) >= 11 is 0. The van der Waals surface area contributed by atoms with Crippen LogP contribution in [-0.2, 0) is 11.3 Å². The number of carbonyl (C=O) groups excluding carboxylic acids is 1. The SMILES string of the molecule is C[C@H](C(=O)N[C@@H]1CCCC[C@@H]1C)[NH+]1CC[NH+](Cc2ccc(C#N)cc2)CC1. The first kappa shape index (κ1) is 19.9. The largest absolute Gasteiger partial charge is 0.348 e. The maximum Gasteiger partial charge on any atom is 0.278 e. The minimum Gasteiger partial charge on any atom is -0.348 e. The molecule has 1 saturated heterocycles. The molecule has 1 amide bonds. The molecule has 3 rings (SSSR count). The molecule has 3 N–H and O–H groups in total. The highest BCUT2D eigenvalue weighted by atomic mass is 16.2. The van der Waals surface area contributed by atoms with Crippen LogP contribution in [-0.4, -0.2) is 44.2 Å². The Morgan fingerprint density at radius 1 is 1.19 bits per heavy atom. The van der Waals surface area contributed by atoms with E-state index in [-0.39, 0.29) is 11.9 Å². The maximum atomic E-state index is 12.7. The summed E-state index contributed by atoms with van der Waals surface area (Å²) in [6, 6.07) is 10.5. The van der Waals surface area contributed by atoms with Crippen LogP contribution in [0.25, 0.3) is 0 Å². The molecule has 1 aliphatic heterocycles. The van der Waals surface area contributed by atoms with E-state index in [9.17, 15) is 4.79 Å². The van der Waals surface area contributed by atoms with Gasteiger partial charge in [-0.2, -0.15) is 5.26 Å². The number of hydrogen-bond acceptors (Lipinski definition) is 2. The lowest BCUT2D eigenvalue weighted by Crippen LogP contribution is -3.29. The lowest BCUT2D eigenvalue weighted by molar-refractivity contribution is -1.02. The minimum absolute atomic E-state index is 0.0376. The normalized spacial score (nSPS) is 29.5. The zero-order valence-electron chi connectivity index (χ0n) is 16.8. The van der Waals surface area contributed by atoms with Gasteiger partial charge >= 0.3 is 0 Å². The van der Waals surface area contributed by atoms with Gasteiger partial charge in [-0.05, 0) is 37.8 Å². The molecule has 0 bridgehead atoms. The van der Waals surface area contributed by atoms with Crippen LogP contribution in [0.4, 0.5) is 0 Å². The Bertz CT molecular complexity index is 658. The molecule has 0 spiro atoms. The van der Waals surface area contributed by atoms with Gasteiger partial charge < -0.3 is 15.1 Å². The second-order valence-electron chi connectivity index (χ2n) is 8.49. The molecule has 1 aliphatic carbocycles. The highest BCUT2D eigenvalue weighted by Crippen LogP contribution is 2.23. The second-order valence-corrected chi connectivity index (χ2v) is 8.49. The molecule has 2 fully saturated rings. The number of hydrogen-bond donors (Lipinski definition) is 3. The van der Waals surface area contributed by atoms with Gasteiger partial charge in [-0.15, -0.1) is 0 Å². The van der Waals surface area contributed by atoms with Crippen LogP contribution < -0.4 is 15.1 Å². The van der Waals surface area contributed by atoms with E-state index >= 15 is 0 Å². The summed E-state index contributed by atoms with van der Waals surface area (Å²) in [6.45, 7) is 9.62. The molecular weight excluding hydrogens is 336 g/mol. The zero-order valence-corrected chi connectivity index (χ0v) is 16.8. The van der Waals surface area contributed by atoms with Crippen molar-refractivity contribution in [3.8, 4) is 6.07 Å². The Kier molecular flexibility index (Phi) is 6.87. The van der Waals surface area contributed by atoms with Gasteiger partial charge in [-0.25, -0.2) is 0 Å². The third kappa shape index (κ3) is 5.31. The van der Waals surface area contributed by atoms with Gasteiger partial charge in [0.1, 0.15) is 32.7 Å². The van der Waals surface area contributed by atoms with E-state index in [1.54, 1.807) is 4.90 Å². The van der Waals surface area contributed by atoms with Crippen LogP contribution in [0.15, 0.2) is 24.3 Å². The van der Waals surface area contributed by atoms with Gasteiger partial charge in [0.25, 0.3) is 5.91 Å². The highest BCUT2D eigenvalue weighted by molar-refractivity contribution is 5.80. The number of nitrogens with one attached hydrogen (secondary N) is 3. The Morgan fingerprint density at radius 2 is 1.85 bits per heavy atom. The van der Waals surface area contributed by atoms with E-state index in [1.165, 1.54) is 29.7 Å². The third-order valence-corrected chi connectivity index (χ3v) is 6.58. The number of quaternary nitrogens is 2. The number of nitriles is 1. The monoisotopic (exact) mass is 370 g/mol. The first-order valence-electron chi connectivity index (χ1n) is 10.5. The van der Waals surface area contributed by atoms with Crippen molar-refractivity contribution >= 4 is 5.91 Å². The quantitative estimate of drug-likeness (QED) is 0.679. The van der Waals surface area contributed by atoms with Crippen molar-refractivity contribution in [2.45, 2.75) is 58.2 Å². The van der Waals surface area contributed by atoms with Gasteiger partial charge in [0.15, 0.2) is 6.04 Å². The van der Waals surface area contributed by atoms with Crippen molar-refractivity contribution in [3.05, 3.63) is 35.4 Å². The Morgan fingerprint density at radius 3 is 2.48 bits per heavy atom. The molecule has 0 aromatic heterocycles. The van der Waals surface area contributed by atoms with E-state index in [1.807, 2.05) is 12.1 Å². The van der Waals surface area contributed by atoms with Crippen molar-refractivity contribution in [1.29, 1.82) is 5.26 Å². The van der Waals surface area contributed by atoms with Crippen LogP contribution in [0.3, 0.4) is 0 Å². The Hall–Kier alpha value is -1.90. The molecule has 3 atom stereocenters. The number of nitrogens with zero attached hydrogens (tertiary/aromatic N) is 1. The predicted molar refractivity (Wildman–Crippen MR) is 105 cm³/mol. The number of amides is 1. The Labute approximate surface area is 163 Å². The van der Waals surface area contributed by atoms with Crippen LogP contribution in [0.5, 0.6) is 0 Å². The number of piperazine rings is 1. The summed E-state index contributed by atoms with van der Waals surface area (Å²) in [4.78, 5) is 15.7. The van der Waals surface area contributed by atoms with Crippen LogP contribution in [0, 0.1) is 17.2 Å². The van der Waals surface area contributed by atoms with E-state index < -0.39 is 0 Å². The molecular formula is C22H34N4O+2. The molecule has 1 heterocycles. The van der Waals surface area contributed by atoms with Crippen molar-refractivity contribution in [3.63, 3.8) is 0 Å². The first-order valence-corrected chi connectivity index (χ1v) is 10.5. The third-order valence-electron chi connectivity index (χ3n) is 6.58. The van der Waals surface area contributed by atoms with Crippen LogP contribution in [0.1, 0.15) is 50.7 Å². The Balaban J connectivity index is 1.44. The molecule has 2 aliphatic rings.